The normalized spacial score (nSPS) is 11.3. The number of aryl methyl sites for hydroxylation is 1. The summed E-state index contributed by atoms with van der Waals surface area (Å²) in [6.45, 7) is 2.14. The van der Waals surface area contributed by atoms with Crippen LogP contribution < -0.4 is 5.56 Å². The zero-order valence-corrected chi connectivity index (χ0v) is 18.5. The number of halogens is 2. The number of nitrogens with one attached hydrogen (secondary N) is 1. The Labute approximate surface area is 193 Å². The maximum atomic E-state index is 12.2. The highest BCUT2D eigenvalue weighted by molar-refractivity contribution is 6.31. The number of benzene rings is 2. The maximum Gasteiger partial charge on any atom is 0.331 e. The fourth-order valence-corrected chi connectivity index (χ4v) is 3.65. The highest BCUT2D eigenvalue weighted by Crippen LogP contribution is 2.22. The van der Waals surface area contributed by atoms with E-state index in [0.29, 0.717) is 38.9 Å². The molecule has 0 fully saturated rings. The number of fused-ring (bicyclic) bond motifs is 1. The molecule has 2 heterocycles. The van der Waals surface area contributed by atoms with Crippen LogP contribution in [0.4, 0.5) is 0 Å². The van der Waals surface area contributed by atoms with Crippen molar-refractivity contribution >= 4 is 46.2 Å². The third-order valence-corrected chi connectivity index (χ3v) is 5.37. The molecule has 1 N–H and O–H groups in total. The largest absolute Gasteiger partial charge is 0.454 e. The Balaban J connectivity index is 1.44. The minimum atomic E-state index is -0.606. The molecule has 0 aliphatic carbocycles. The van der Waals surface area contributed by atoms with Gasteiger partial charge in [0.15, 0.2) is 0 Å². The molecule has 0 aliphatic heterocycles. The lowest BCUT2D eigenvalue weighted by atomic mass is 10.2. The van der Waals surface area contributed by atoms with Gasteiger partial charge in [0.2, 0.25) is 0 Å². The van der Waals surface area contributed by atoms with Gasteiger partial charge in [-0.25, -0.2) is 14.5 Å². The number of aromatic nitrogens is 4. The fourth-order valence-electron chi connectivity index (χ4n) is 3.19. The highest BCUT2D eigenvalue weighted by Gasteiger charge is 2.12. The molecule has 4 rings (SSSR count). The van der Waals surface area contributed by atoms with Crippen molar-refractivity contribution in [3.05, 3.63) is 97.8 Å². The maximum absolute atomic E-state index is 12.2. The van der Waals surface area contributed by atoms with E-state index in [9.17, 15) is 9.59 Å². The molecule has 32 heavy (non-hydrogen) atoms. The minimum Gasteiger partial charge on any atom is -0.454 e. The van der Waals surface area contributed by atoms with Gasteiger partial charge in [-0.1, -0.05) is 53.5 Å². The summed E-state index contributed by atoms with van der Waals surface area (Å²) in [5.41, 5.74) is 2.47. The van der Waals surface area contributed by atoms with E-state index in [2.05, 4.69) is 15.1 Å². The predicted molar refractivity (Wildman–Crippen MR) is 124 cm³/mol. The molecule has 162 valence electrons. The zero-order valence-electron chi connectivity index (χ0n) is 17.0. The molecule has 0 amide bonds. The molecule has 0 aliphatic rings. The Bertz CT molecular complexity index is 1380. The summed E-state index contributed by atoms with van der Waals surface area (Å²) in [7, 11) is 0. The third-order valence-electron chi connectivity index (χ3n) is 4.74. The fraction of sp³-hybridized carbons (Fsp3) is 0.130. The van der Waals surface area contributed by atoms with Crippen molar-refractivity contribution < 1.29 is 9.53 Å². The van der Waals surface area contributed by atoms with E-state index >= 15 is 0 Å². The van der Waals surface area contributed by atoms with Crippen LogP contribution in [0.5, 0.6) is 0 Å². The van der Waals surface area contributed by atoms with Crippen molar-refractivity contribution in [3.8, 4) is 0 Å². The number of hydrogen-bond donors (Lipinski definition) is 1. The predicted octanol–water partition coefficient (Wildman–Crippen LogP) is 4.54. The molecule has 2 aromatic heterocycles. The number of nitrogens with zero attached hydrogens (tertiary/aromatic N) is 3. The van der Waals surface area contributed by atoms with E-state index in [4.69, 9.17) is 27.9 Å². The standard InChI is InChI=1S/C23H18Cl2N4O3/c1-14-17(22(25)29(28-14)12-15-5-3-2-4-6-15)9-10-21(30)32-13-20-26-19-11-16(24)7-8-18(19)23(31)27-20/h2-11H,12-13H2,1H3,(H,26,27,31)/b10-9+. The topological polar surface area (TPSA) is 89.9 Å². The highest BCUT2D eigenvalue weighted by atomic mass is 35.5. The Morgan fingerprint density at radius 2 is 1.97 bits per heavy atom. The average Bonchev–Trinajstić information content (AvgIpc) is 3.03. The first-order valence-electron chi connectivity index (χ1n) is 9.71. The lowest BCUT2D eigenvalue weighted by Gasteiger charge is -2.04. The van der Waals surface area contributed by atoms with E-state index in [0.717, 1.165) is 5.56 Å². The molecule has 0 saturated carbocycles. The molecule has 4 aromatic rings. The molecular formula is C23H18Cl2N4O3. The molecule has 0 saturated heterocycles. The van der Waals surface area contributed by atoms with Gasteiger partial charge in [-0.15, -0.1) is 0 Å². The van der Waals surface area contributed by atoms with Crippen LogP contribution in [0, 0.1) is 6.92 Å². The Morgan fingerprint density at radius 3 is 2.75 bits per heavy atom. The summed E-state index contributed by atoms with van der Waals surface area (Å²) in [5.74, 6) is -0.387. The van der Waals surface area contributed by atoms with Crippen molar-refractivity contribution in [3.63, 3.8) is 0 Å². The van der Waals surface area contributed by atoms with Crippen LogP contribution in [0.15, 0.2) is 59.4 Å². The van der Waals surface area contributed by atoms with Crippen molar-refractivity contribution in [2.45, 2.75) is 20.1 Å². The number of aromatic amines is 1. The van der Waals surface area contributed by atoms with Crippen molar-refractivity contribution in [2.75, 3.05) is 0 Å². The van der Waals surface area contributed by atoms with Gasteiger partial charge < -0.3 is 9.72 Å². The van der Waals surface area contributed by atoms with Gasteiger partial charge in [0.05, 0.1) is 23.1 Å². The van der Waals surface area contributed by atoms with E-state index < -0.39 is 5.97 Å². The second-order valence-electron chi connectivity index (χ2n) is 7.05. The molecule has 0 atom stereocenters. The Kier molecular flexibility index (Phi) is 6.39. The Hall–Kier alpha value is -3.42. The summed E-state index contributed by atoms with van der Waals surface area (Å²) >= 11 is 12.4. The smallest absolute Gasteiger partial charge is 0.331 e. The first kappa shape index (κ1) is 21.8. The SMILES string of the molecule is Cc1nn(Cc2ccccc2)c(Cl)c1/C=C/C(=O)OCc1nc2cc(Cl)ccc2c(=O)[nH]1. The molecule has 7 nitrogen and oxygen atoms in total. The van der Waals surface area contributed by atoms with E-state index in [1.54, 1.807) is 29.0 Å². The summed E-state index contributed by atoms with van der Waals surface area (Å²) in [6.07, 6.45) is 2.82. The molecule has 0 bridgehead atoms. The van der Waals surface area contributed by atoms with Gasteiger partial charge in [0, 0.05) is 16.7 Å². The van der Waals surface area contributed by atoms with Gasteiger partial charge in [0.25, 0.3) is 5.56 Å². The zero-order chi connectivity index (χ0) is 22.7. The summed E-state index contributed by atoms with van der Waals surface area (Å²) < 4.78 is 6.88. The average molecular weight is 469 g/mol. The van der Waals surface area contributed by atoms with Crippen LogP contribution in [-0.2, 0) is 22.7 Å². The minimum absolute atomic E-state index is 0.194. The van der Waals surface area contributed by atoms with Crippen molar-refractivity contribution in [1.29, 1.82) is 0 Å². The quantitative estimate of drug-likeness (QED) is 0.331. The molecular weight excluding hydrogens is 451 g/mol. The van der Waals surface area contributed by atoms with Gasteiger partial charge >= 0.3 is 5.97 Å². The van der Waals surface area contributed by atoms with Crippen molar-refractivity contribution in [1.82, 2.24) is 19.7 Å². The number of hydrogen-bond acceptors (Lipinski definition) is 5. The van der Waals surface area contributed by atoms with Crippen molar-refractivity contribution in [2.24, 2.45) is 0 Å². The van der Waals surface area contributed by atoms with E-state index in [-0.39, 0.29) is 18.0 Å². The van der Waals surface area contributed by atoms with E-state index in [1.807, 2.05) is 37.3 Å². The molecule has 0 radical (unpaired) electrons. The first-order valence-corrected chi connectivity index (χ1v) is 10.5. The number of esters is 1. The number of ether oxygens (including phenoxy) is 1. The Morgan fingerprint density at radius 1 is 1.19 bits per heavy atom. The van der Waals surface area contributed by atoms with Crippen LogP contribution in [0.2, 0.25) is 10.2 Å². The molecule has 2 aromatic carbocycles. The van der Waals surface area contributed by atoms with Crippen LogP contribution >= 0.6 is 23.2 Å². The molecule has 9 heteroatoms. The lowest BCUT2D eigenvalue weighted by molar-refractivity contribution is -0.139. The van der Waals surface area contributed by atoms with E-state index in [1.165, 1.54) is 6.08 Å². The second kappa shape index (κ2) is 9.38. The number of H-pyrrole nitrogens is 1. The summed E-state index contributed by atoms with van der Waals surface area (Å²) in [6, 6.07) is 14.6. The van der Waals surface area contributed by atoms with Crippen LogP contribution in [-0.4, -0.2) is 25.7 Å². The second-order valence-corrected chi connectivity index (χ2v) is 7.84. The third kappa shape index (κ3) is 4.90. The first-order chi connectivity index (χ1) is 15.4. The van der Waals surface area contributed by atoms with Crippen LogP contribution in [0.1, 0.15) is 22.6 Å². The monoisotopic (exact) mass is 468 g/mol. The van der Waals surface area contributed by atoms with Gasteiger partial charge in [-0.2, -0.15) is 5.10 Å². The number of carbonyl (C=O) groups excluding carboxylic acids is 1. The number of carbonyl (C=O) groups is 1. The molecule has 0 spiro atoms. The lowest BCUT2D eigenvalue weighted by Crippen LogP contribution is -2.13. The summed E-state index contributed by atoms with van der Waals surface area (Å²) in [4.78, 5) is 31.2. The van der Waals surface area contributed by atoms with Crippen LogP contribution in [0.25, 0.3) is 17.0 Å². The molecule has 0 unspecified atom stereocenters. The van der Waals surface area contributed by atoms with Gasteiger partial charge in [0.1, 0.15) is 17.6 Å². The van der Waals surface area contributed by atoms with Gasteiger partial charge in [-0.3, -0.25) is 4.79 Å². The van der Waals surface area contributed by atoms with Gasteiger partial charge in [-0.05, 0) is 36.8 Å². The van der Waals surface area contributed by atoms with Crippen LogP contribution in [0.3, 0.4) is 0 Å². The summed E-state index contributed by atoms with van der Waals surface area (Å²) in [5, 5.41) is 5.73. The number of rotatable bonds is 6.